The summed E-state index contributed by atoms with van der Waals surface area (Å²) in [4.78, 5) is 8.70. The van der Waals surface area contributed by atoms with Crippen LogP contribution in [0.5, 0.6) is 5.75 Å². The first kappa shape index (κ1) is 17.0. The number of nitrogen functional groups attached to an aromatic ring is 1. The van der Waals surface area contributed by atoms with Gasteiger partial charge in [-0.1, -0.05) is 0 Å². The fraction of sp³-hybridized carbons (Fsp3) is 0.200. The summed E-state index contributed by atoms with van der Waals surface area (Å²) in [5.41, 5.74) is 9.60. The minimum absolute atomic E-state index is 0.477. The summed E-state index contributed by atoms with van der Waals surface area (Å²) < 4.78 is 13.1. The number of aromatic nitrogens is 3. The van der Waals surface area contributed by atoms with E-state index in [1.54, 1.807) is 19.5 Å². The maximum Gasteiger partial charge on any atom is 0.213 e. The zero-order chi connectivity index (χ0) is 18.8. The summed E-state index contributed by atoms with van der Waals surface area (Å²) >= 11 is 0. The Balaban J connectivity index is 1.69. The van der Waals surface area contributed by atoms with Crippen molar-refractivity contribution in [1.82, 2.24) is 14.5 Å². The van der Waals surface area contributed by atoms with E-state index < -0.39 is 0 Å². The number of nitrogens with zero attached hydrogens (tertiary/aromatic N) is 3. The predicted molar refractivity (Wildman–Crippen MR) is 105 cm³/mol. The maximum atomic E-state index is 6.08. The number of aryl methyl sites for hydroxylation is 1. The van der Waals surface area contributed by atoms with E-state index in [0.29, 0.717) is 24.7 Å². The molecule has 138 valence electrons. The first-order chi connectivity index (χ1) is 13.1. The molecule has 27 heavy (non-hydrogen) atoms. The van der Waals surface area contributed by atoms with Crippen LogP contribution in [0.4, 0.5) is 11.4 Å². The molecule has 0 aliphatic heterocycles. The van der Waals surface area contributed by atoms with Crippen LogP contribution in [-0.4, -0.2) is 21.6 Å². The third kappa shape index (κ3) is 3.44. The molecule has 0 spiro atoms. The van der Waals surface area contributed by atoms with E-state index in [0.717, 1.165) is 33.8 Å². The van der Waals surface area contributed by atoms with Crippen LogP contribution in [-0.2, 0) is 13.1 Å². The van der Waals surface area contributed by atoms with Gasteiger partial charge in [-0.3, -0.25) is 4.98 Å². The Hall–Kier alpha value is -3.48. The van der Waals surface area contributed by atoms with E-state index in [1.165, 1.54) is 0 Å². The highest BCUT2D eigenvalue weighted by Crippen LogP contribution is 2.30. The van der Waals surface area contributed by atoms with Gasteiger partial charge in [-0.15, -0.1) is 0 Å². The number of hydrogen-bond acceptors (Lipinski definition) is 6. The highest BCUT2D eigenvalue weighted by molar-refractivity contribution is 5.94. The van der Waals surface area contributed by atoms with E-state index in [9.17, 15) is 0 Å². The normalized spacial score (nSPS) is 11.0. The highest BCUT2D eigenvalue weighted by Gasteiger charge is 2.12. The van der Waals surface area contributed by atoms with Crippen LogP contribution in [0.25, 0.3) is 10.9 Å². The number of rotatable bonds is 6. The molecule has 0 unspecified atom stereocenters. The summed E-state index contributed by atoms with van der Waals surface area (Å²) in [5, 5.41) is 4.44. The predicted octanol–water partition coefficient (Wildman–Crippen LogP) is 3.58. The molecule has 0 amide bonds. The van der Waals surface area contributed by atoms with E-state index in [4.69, 9.17) is 14.9 Å². The summed E-state index contributed by atoms with van der Waals surface area (Å²) in [6, 6.07) is 9.70. The molecule has 7 nitrogen and oxygen atoms in total. The molecule has 0 bridgehead atoms. The van der Waals surface area contributed by atoms with E-state index >= 15 is 0 Å². The van der Waals surface area contributed by atoms with Crippen LogP contribution in [0, 0.1) is 6.92 Å². The lowest BCUT2D eigenvalue weighted by atomic mass is 10.2. The van der Waals surface area contributed by atoms with Crippen molar-refractivity contribution < 1.29 is 9.15 Å². The van der Waals surface area contributed by atoms with Gasteiger partial charge in [0.15, 0.2) is 0 Å². The van der Waals surface area contributed by atoms with Gasteiger partial charge in [0.05, 0.1) is 37.6 Å². The Bertz CT molecular complexity index is 1080. The summed E-state index contributed by atoms with van der Waals surface area (Å²) in [6.45, 7) is 2.94. The zero-order valence-corrected chi connectivity index (χ0v) is 15.3. The molecule has 3 aromatic heterocycles. The zero-order valence-electron chi connectivity index (χ0n) is 15.3. The molecule has 0 saturated heterocycles. The second-order valence-corrected chi connectivity index (χ2v) is 6.32. The number of benzene rings is 1. The molecule has 0 aliphatic carbocycles. The number of pyridine rings is 1. The Kier molecular flexibility index (Phi) is 4.42. The van der Waals surface area contributed by atoms with Crippen LogP contribution in [0.1, 0.15) is 17.3 Å². The van der Waals surface area contributed by atoms with Crippen molar-refractivity contribution in [3.63, 3.8) is 0 Å². The van der Waals surface area contributed by atoms with Gasteiger partial charge in [0.25, 0.3) is 0 Å². The number of nitrogens with one attached hydrogen (secondary N) is 1. The van der Waals surface area contributed by atoms with Crippen molar-refractivity contribution in [2.24, 2.45) is 0 Å². The molecular weight excluding hydrogens is 342 g/mol. The fourth-order valence-corrected chi connectivity index (χ4v) is 3.18. The molecular formula is C20H21N5O2. The number of oxazole rings is 1. The van der Waals surface area contributed by atoms with Crippen molar-refractivity contribution in [3.8, 4) is 5.75 Å². The molecule has 0 saturated carbocycles. The maximum absolute atomic E-state index is 6.08. The Morgan fingerprint density at radius 2 is 2.15 bits per heavy atom. The lowest BCUT2D eigenvalue weighted by Crippen LogP contribution is -2.06. The molecule has 0 radical (unpaired) electrons. The molecule has 3 heterocycles. The van der Waals surface area contributed by atoms with Crippen LogP contribution in [0.15, 0.2) is 53.3 Å². The summed E-state index contributed by atoms with van der Waals surface area (Å²) in [5.74, 6) is 2.18. The van der Waals surface area contributed by atoms with Gasteiger partial charge in [0.2, 0.25) is 5.89 Å². The van der Waals surface area contributed by atoms with Crippen LogP contribution < -0.4 is 15.8 Å². The minimum Gasteiger partial charge on any atom is -0.495 e. The number of hydrogen-bond donors (Lipinski definition) is 2. The van der Waals surface area contributed by atoms with Crippen molar-refractivity contribution in [2.75, 3.05) is 18.2 Å². The topological polar surface area (TPSA) is 91.1 Å². The van der Waals surface area contributed by atoms with Gasteiger partial charge in [-0.25, -0.2) is 4.98 Å². The highest BCUT2D eigenvalue weighted by atomic mass is 16.5. The summed E-state index contributed by atoms with van der Waals surface area (Å²) in [7, 11) is 1.65. The lowest BCUT2D eigenvalue weighted by Gasteiger charge is -2.13. The SMILES string of the molecule is COc1cccnc1Cn1ccc2cc(N)cc(NCc3ncc(C)o3)c21. The number of ether oxygens (including phenoxy) is 1. The number of nitrogens with two attached hydrogens (primary N) is 1. The Morgan fingerprint density at radius 1 is 1.26 bits per heavy atom. The molecule has 0 atom stereocenters. The van der Waals surface area contributed by atoms with Crippen molar-refractivity contribution in [3.05, 3.63) is 66.3 Å². The van der Waals surface area contributed by atoms with Crippen molar-refractivity contribution in [1.29, 1.82) is 0 Å². The fourth-order valence-electron chi connectivity index (χ4n) is 3.18. The smallest absolute Gasteiger partial charge is 0.213 e. The van der Waals surface area contributed by atoms with Crippen LogP contribution in [0.3, 0.4) is 0 Å². The molecule has 1 aromatic carbocycles. The van der Waals surface area contributed by atoms with Gasteiger partial charge in [-0.05, 0) is 37.3 Å². The van der Waals surface area contributed by atoms with Gasteiger partial charge in [-0.2, -0.15) is 0 Å². The van der Waals surface area contributed by atoms with Crippen molar-refractivity contribution >= 4 is 22.3 Å². The van der Waals surface area contributed by atoms with Gasteiger partial charge in [0, 0.05) is 23.5 Å². The molecule has 7 heteroatoms. The molecule has 0 aliphatic rings. The van der Waals surface area contributed by atoms with Gasteiger partial charge >= 0.3 is 0 Å². The van der Waals surface area contributed by atoms with Gasteiger partial charge < -0.3 is 24.8 Å². The number of anilines is 2. The second kappa shape index (κ2) is 7.03. The standard InChI is InChI=1S/C20H21N5O2/c1-13-10-24-19(27-13)11-23-16-9-15(21)8-14-5-7-25(20(14)16)12-17-18(26-2)4-3-6-22-17/h3-10,23H,11-12,21H2,1-2H3. The second-order valence-electron chi connectivity index (χ2n) is 6.32. The quantitative estimate of drug-likeness (QED) is 0.509. The van der Waals surface area contributed by atoms with Gasteiger partial charge in [0.1, 0.15) is 17.2 Å². The Labute approximate surface area is 156 Å². The lowest BCUT2D eigenvalue weighted by molar-refractivity contribution is 0.405. The average Bonchev–Trinajstić information content (AvgIpc) is 3.26. The molecule has 4 rings (SSSR count). The number of fused-ring (bicyclic) bond motifs is 1. The average molecular weight is 363 g/mol. The molecule has 3 N–H and O–H groups in total. The van der Waals surface area contributed by atoms with E-state index in [-0.39, 0.29) is 0 Å². The van der Waals surface area contributed by atoms with Crippen molar-refractivity contribution in [2.45, 2.75) is 20.0 Å². The first-order valence-corrected chi connectivity index (χ1v) is 8.65. The summed E-state index contributed by atoms with van der Waals surface area (Å²) in [6.07, 6.45) is 5.51. The van der Waals surface area contributed by atoms with Crippen LogP contribution in [0.2, 0.25) is 0 Å². The minimum atomic E-state index is 0.477. The third-order valence-electron chi connectivity index (χ3n) is 4.37. The number of methoxy groups -OCH3 is 1. The third-order valence-corrected chi connectivity index (χ3v) is 4.37. The molecule has 0 fully saturated rings. The first-order valence-electron chi connectivity index (χ1n) is 8.65. The van der Waals surface area contributed by atoms with E-state index in [1.807, 2.05) is 43.5 Å². The largest absolute Gasteiger partial charge is 0.495 e. The van der Waals surface area contributed by atoms with Crippen LogP contribution >= 0.6 is 0 Å². The monoisotopic (exact) mass is 363 g/mol. The molecule has 4 aromatic rings. The Morgan fingerprint density at radius 3 is 2.93 bits per heavy atom. The van der Waals surface area contributed by atoms with E-state index in [2.05, 4.69) is 19.9 Å².